The minimum absolute atomic E-state index is 0.0473. The van der Waals surface area contributed by atoms with E-state index in [9.17, 15) is 4.79 Å². The molecule has 0 saturated carbocycles. The largest absolute Gasteiger partial charge is 0.366 e. The summed E-state index contributed by atoms with van der Waals surface area (Å²) in [5.74, 6) is -0.0637. The molecule has 25 heavy (non-hydrogen) atoms. The molecular weight excluding hydrogens is 338 g/mol. The molecule has 6 nitrogen and oxygen atoms in total. The highest BCUT2D eigenvalue weighted by Gasteiger charge is 2.13. The van der Waals surface area contributed by atoms with Crippen molar-refractivity contribution in [2.75, 3.05) is 5.32 Å². The second-order valence-electron chi connectivity index (χ2n) is 5.74. The molecule has 0 saturated heterocycles. The zero-order valence-electron chi connectivity index (χ0n) is 13.7. The van der Waals surface area contributed by atoms with Gasteiger partial charge in [-0.05, 0) is 18.6 Å². The van der Waals surface area contributed by atoms with Crippen LogP contribution in [0.2, 0.25) is 5.02 Å². The van der Waals surface area contributed by atoms with Crippen molar-refractivity contribution >= 4 is 23.3 Å². The SMILES string of the molecule is CC(Nc1ncc(C(N)=O)cc1Cl)c1cnn(Cc2ccccc2)c1. The second kappa shape index (κ2) is 7.36. The Hall–Kier alpha value is -2.86. The standard InChI is InChI=1S/C18H18ClN5O/c1-12(23-18-16(19)7-14(8-21-18)17(20)25)15-9-22-24(11-15)10-13-5-3-2-4-6-13/h2-9,11-12H,10H2,1H3,(H2,20,25)(H,21,23). The van der Waals surface area contributed by atoms with Gasteiger partial charge in [-0.2, -0.15) is 5.10 Å². The van der Waals surface area contributed by atoms with Gasteiger partial charge in [-0.15, -0.1) is 0 Å². The van der Waals surface area contributed by atoms with Crippen LogP contribution in [0.15, 0.2) is 55.0 Å². The summed E-state index contributed by atoms with van der Waals surface area (Å²) in [7, 11) is 0. The molecule has 1 aromatic carbocycles. The van der Waals surface area contributed by atoms with Crippen LogP contribution in [0.1, 0.15) is 34.5 Å². The number of hydrogen-bond acceptors (Lipinski definition) is 4. The summed E-state index contributed by atoms with van der Waals surface area (Å²) in [6.45, 7) is 2.70. The Morgan fingerprint density at radius 1 is 1.32 bits per heavy atom. The highest BCUT2D eigenvalue weighted by Crippen LogP contribution is 2.24. The van der Waals surface area contributed by atoms with Crippen LogP contribution in [0.3, 0.4) is 0 Å². The van der Waals surface area contributed by atoms with E-state index < -0.39 is 5.91 Å². The van der Waals surface area contributed by atoms with Crippen LogP contribution in [0.4, 0.5) is 5.82 Å². The molecule has 128 valence electrons. The molecular formula is C18H18ClN5O. The lowest BCUT2D eigenvalue weighted by atomic mass is 10.2. The van der Waals surface area contributed by atoms with Crippen LogP contribution >= 0.6 is 11.6 Å². The number of amides is 1. The number of pyridine rings is 1. The van der Waals surface area contributed by atoms with Crippen molar-refractivity contribution in [1.29, 1.82) is 0 Å². The van der Waals surface area contributed by atoms with E-state index in [1.54, 1.807) is 0 Å². The highest BCUT2D eigenvalue weighted by atomic mass is 35.5. The van der Waals surface area contributed by atoms with Crippen LogP contribution in [0.25, 0.3) is 0 Å². The maximum absolute atomic E-state index is 11.2. The monoisotopic (exact) mass is 355 g/mol. The first-order valence-corrected chi connectivity index (χ1v) is 8.19. The maximum atomic E-state index is 11.2. The predicted octanol–water partition coefficient (Wildman–Crippen LogP) is 3.25. The van der Waals surface area contributed by atoms with E-state index in [2.05, 4.69) is 27.5 Å². The van der Waals surface area contributed by atoms with Crippen LogP contribution in [-0.2, 0) is 6.54 Å². The van der Waals surface area contributed by atoms with Gasteiger partial charge in [0.25, 0.3) is 0 Å². The minimum Gasteiger partial charge on any atom is -0.366 e. The van der Waals surface area contributed by atoms with Crippen molar-refractivity contribution in [2.45, 2.75) is 19.5 Å². The number of rotatable bonds is 6. The van der Waals surface area contributed by atoms with Gasteiger partial charge in [0.2, 0.25) is 5.91 Å². The van der Waals surface area contributed by atoms with Gasteiger partial charge in [0.15, 0.2) is 0 Å². The summed E-state index contributed by atoms with van der Waals surface area (Å²) in [6.07, 6.45) is 5.20. The van der Waals surface area contributed by atoms with E-state index in [1.165, 1.54) is 17.8 Å². The summed E-state index contributed by atoms with van der Waals surface area (Å²) in [5, 5.41) is 7.96. The number of carbonyl (C=O) groups excluding carboxylic acids is 1. The van der Waals surface area contributed by atoms with E-state index in [0.717, 1.165) is 5.56 Å². The Labute approximate surface area is 150 Å². The number of halogens is 1. The summed E-state index contributed by atoms with van der Waals surface area (Å²) >= 11 is 6.16. The van der Waals surface area contributed by atoms with Gasteiger partial charge in [-0.1, -0.05) is 41.9 Å². The van der Waals surface area contributed by atoms with Crippen molar-refractivity contribution in [2.24, 2.45) is 5.73 Å². The van der Waals surface area contributed by atoms with E-state index in [1.807, 2.05) is 42.2 Å². The smallest absolute Gasteiger partial charge is 0.250 e. The number of nitrogens with two attached hydrogens (primary N) is 1. The van der Waals surface area contributed by atoms with E-state index in [0.29, 0.717) is 17.4 Å². The molecule has 0 bridgehead atoms. The number of carbonyl (C=O) groups is 1. The molecule has 0 fully saturated rings. The van der Waals surface area contributed by atoms with Gasteiger partial charge in [0, 0.05) is 18.0 Å². The minimum atomic E-state index is -0.559. The van der Waals surface area contributed by atoms with Crippen LogP contribution in [0.5, 0.6) is 0 Å². The first kappa shape index (κ1) is 17.0. The van der Waals surface area contributed by atoms with Crippen molar-refractivity contribution in [3.63, 3.8) is 0 Å². The van der Waals surface area contributed by atoms with E-state index >= 15 is 0 Å². The zero-order chi connectivity index (χ0) is 17.8. The fourth-order valence-electron chi connectivity index (χ4n) is 2.43. The molecule has 0 aliphatic rings. The molecule has 3 N–H and O–H groups in total. The van der Waals surface area contributed by atoms with Gasteiger partial charge < -0.3 is 11.1 Å². The number of hydrogen-bond donors (Lipinski definition) is 2. The number of nitrogens with zero attached hydrogens (tertiary/aromatic N) is 3. The first-order chi connectivity index (χ1) is 12.0. The van der Waals surface area contributed by atoms with E-state index in [-0.39, 0.29) is 11.6 Å². The molecule has 3 rings (SSSR count). The number of aromatic nitrogens is 3. The molecule has 1 unspecified atom stereocenters. The van der Waals surface area contributed by atoms with Gasteiger partial charge in [0.1, 0.15) is 5.82 Å². The molecule has 1 amide bonds. The maximum Gasteiger partial charge on any atom is 0.250 e. The molecule has 0 radical (unpaired) electrons. The first-order valence-electron chi connectivity index (χ1n) is 7.81. The van der Waals surface area contributed by atoms with Crippen LogP contribution in [-0.4, -0.2) is 20.7 Å². The molecule has 2 heterocycles. The molecule has 0 spiro atoms. The third-order valence-corrected chi connectivity index (χ3v) is 4.11. The zero-order valence-corrected chi connectivity index (χ0v) is 14.4. The lowest BCUT2D eigenvalue weighted by Crippen LogP contribution is -2.13. The Morgan fingerprint density at radius 3 is 2.76 bits per heavy atom. The molecule has 7 heteroatoms. The Morgan fingerprint density at radius 2 is 2.08 bits per heavy atom. The van der Waals surface area contributed by atoms with Crippen molar-refractivity contribution in [3.05, 3.63) is 76.7 Å². The average Bonchev–Trinajstić information content (AvgIpc) is 3.06. The predicted molar refractivity (Wildman–Crippen MR) is 97.6 cm³/mol. The van der Waals surface area contributed by atoms with Gasteiger partial charge in [-0.3, -0.25) is 9.48 Å². The van der Waals surface area contributed by atoms with Crippen LogP contribution < -0.4 is 11.1 Å². The van der Waals surface area contributed by atoms with E-state index in [4.69, 9.17) is 17.3 Å². The van der Waals surface area contributed by atoms with Crippen molar-refractivity contribution in [1.82, 2.24) is 14.8 Å². The molecule has 0 aliphatic heterocycles. The third kappa shape index (κ3) is 4.16. The fraction of sp³-hybridized carbons (Fsp3) is 0.167. The number of anilines is 1. The summed E-state index contributed by atoms with van der Waals surface area (Å²) in [4.78, 5) is 15.3. The lowest BCUT2D eigenvalue weighted by molar-refractivity contribution is 0.1000. The number of primary amides is 1. The topological polar surface area (TPSA) is 85.8 Å². The normalized spacial score (nSPS) is 11.9. The Balaban J connectivity index is 1.69. The Bertz CT molecular complexity index is 878. The van der Waals surface area contributed by atoms with Crippen molar-refractivity contribution in [3.8, 4) is 0 Å². The summed E-state index contributed by atoms with van der Waals surface area (Å²) in [5.41, 5.74) is 7.69. The summed E-state index contributed by atoms with van der Waals surface area (Å²) < 4.78 is 1.88. The number of nitrogens with one attached hydrogen (secondary N) is 1. The quantitative estimate of drug-likeness (QED) is 0.710. The molecule has 0 aliphatic carbocycles. The highest BCUT2D eigenvalue weighted by molar-refractivity contribution is 6.33. The number of benzene rings is 1. The van der Waals surface area contributed by atoms with Gasteiger partial charge in [0.05, 0.1) is 29.4 Å². The van der Waals surface area contributed by atoms with Crippen LogP contribution in [0, 0.1) is 0 Å². The molecule has 2 aromatic heterocycles. The van der Waals surface area contributed by atoms with Gasteiger partial charge in [-0.25, -0.2) is 4.98 Å². The average molecular weight is 356 g/mol. The third-order valence-electron chi connectivity index (χ3n) is 3.82. The van der Waals surface area contributed by atoms with Crippen molar-refractivity contribution < 1.29 is 4.79 Å². The molecule has 1 atom stereocenters. The molecule has 3 aromatic rings. The summed E-state index contributed by atoms with van der Waals surface area (Å²) in [6, 6.07) is 11.6. The van der Waals surface area contributed by atoms with Gasteiger partial charge >= 0.3 is 0 Å². The Kier molecular flexibility index (Phi) is 5.00. The lowest BCUT2D eigenvalue weighted by Gasteiger charge is -2.14. The second-order valence-corrected chi connectivity index (χ2v) is 6.15. The fourth-order valence-corrected chi connectivity index (χ4v) is 2.65.